The maximum absolute atomic E-state index is 15.0. The molecule has 0 unspecified atom stereocenters. The molecule has 8 nitrogen and oxygen atoms in total. The van der Waals surface area contributed by atoms with E-state index in [4.69, 9.17) is 17.3 Å². The van der Waals surface area contributed by atoms with E-state index in [0.717, 1.165) is 36.0 Å². The lowest BCUT2D eigenvalue weighted by molar-refractivity contribution is 0.618. The van der Waals surface area contributed by atoms with Crippen LogP contribution in [0.4, 0.5) is 4.39 Å². The molecular weight excluding hydrogens is 531 g/mol. The fourth-order valence-electron chi connectivity index (χ4n) is 4.62. The Bertz CT molecular complexity index is 1740. The van der Waals surface area contributed by atoms with Crippen LogP contribution in [0.5, 0.6) is 0 Å². The van der Waals surface area contributed by atoms with Crippen molar-refractivity contribution >= 4 is 22.6 Å². The number of hydrogen-bond acceptors (Lipinski definition) is 5. The van der Waals surface area contributed by atoms with E-state index in [2.05, 4.69) is 20.3 Å². The highest BCUT2D eigenvalue weighted by Crippen LogP contribution is 2.31. The quantitative estimate of drug-likeness (QED) is 0.195. The third-order valence-corrected chi connectivity index (χ3v) is 7.01. The molecular formula is C30H30ClFN6O2. The molecule has 10 heteroatoms. The standard InChI is InChI=1S/C30H30ClFN6O2/c1-18(33)3-2-4-20-11-24(28(32)25(31)12-20)26-13-22-17-38(30(40)37-29(22)36-26)23-8-5-19(6-9-23)14-34-15-21-7-10-27(39)35-16-21/h5-13,16-18,34H,2-4,14-15,33H2,1H3,(H,35,39)(H,36,37,40)/t18-/m0/s1. The van der Waals surface area contributed by atoms with Crippen LogP contribution in [-0.2, 0) is 19.5 Å². The van der Waals surface area contributed by atoms with Gasteiger partial charge in [-0.1, -0.05) is 29.8 Å². The van der Waals surface area contributed by atoms with Crippen molar-refractivity contribution in [1.29, 1.82) is 0 Å². The second kappa shape index (κ2) is 12.0. The maximum atomic E-state index is 15.0. The van der Waals surface area contributed by atoms with Gasteiger partial charge in [0, 0.05) is 48.5 Å². The number of nitrogens with two attached hydrogens (primary N) is 1. The van der Waals surface area contributed by atoms with Crippen LogP contribution in [0.25, 0.3) is 28.0 Å². The fourth-order valence-corrected chi connectivity index (χ4v) is 4.86. The zero-order valence-electron chi connectivity index (χ0n) is 22.0. The van der Waals surface area contributed by atoms with Gasteiger partial charge >= 0.3 is 5.69 Å². The van der Waals surface area contributed by atoms with Crippen LogP contribution in [0.3, 0.4) is 0 Å². The molecule has 0 aliphatic heterocycles. The van der Waals surface area contributed by atoms with Crippen LogP contribution >= 0.6 is 11.6 Å². The Morgan fingerprint density at radius 2 is 1.80 bits per heavy atom. The summed E-state index contributed by atoms with van der Waals surface area (Å²) in [6.07, 6.45) is 5.85. The van der Waals surface area contributed by atoms with Crippen molar-refractivity contribution in [2.24, 2.45) is 5.73 Å². The van der Waals surface area contributed by atoms with E-state index in [1.165, 1.54) is 10.6 Å². The van der Waals surface area contributed by atoms with Crippen molar-refractivity contribution in [1.82, 2.24) is 24.8 Å². The van der Waals surface area contributed by atoms with Gasteiger partial charge in [-0.2, -0.15) is 4.98 Å². The topological polar surface area (TPSA) is 122 Å². The second-order valence-electron chi connectivity index (χ2n) is 10.0. The van der Waals surface area contributed by atoms with Gasteiger partial charge in [-0.05, 0) is 73.2 Å². The summed E-state index contributed by atoms with van der Waals surface area (Å²) in [6, 6.07) is 16.1. The summed E-state index contributed by atoms with van der Waals surface area (Å²) in [7, 11) is 0. The van der Waals surface area contributed by atoms with Gasteiger partial charge in [0.05, 0.1) is 16.4 Å². The fraction of sp³-hybridized carbons (Fsp3) is 0.233. The van der Waals surface area contributed by atoms with E-state index in [1.54, 1.807) is 36.7 Å². The molecule has 0 saturated carbocycles. The average Bonchev–Trinajstić information content (AvgIpc) is 3.34. The van der Waals surface area contributed by atoms with Gasteiger partial charge < -0.3 is 21.0 Å². The highest BCUT2D eigenvalue weighted by Gasteiger charge is 2.15. The number of benzene rings is 2. The first kappa shape index (κ1) is 27.5. The molecule has 0 spiro atoms. The van der Waals surface area contributed by atoms with Crippen molar-refractivity contribution in [3.05, 3.63) is 115 Å². The molecule has 5 aromatic rings. The summed E-state index contributed by atoms with van der Waals surface area (Å²) in [5.74, 6) is -0.524. The number of nitrogens with zero attached hydrogens (tertiary/aromatic N) is 2. The molecule has 0 saturated heterocycles. The highest BCUT2D eigenvalue weighted by atomic mass is 35.5. The molecule has 1 atom stereocenters. The Hall–Kier alpha value is -4.05. The third-order valence-electron chi connectivity index (χ3n) is 6.73. The van der Waals surface area contributed by atoms with Gasteiger partial charge in [0.15, 0.2) is 5.82 Å². The number of aryl methyl sites for hydroxylation is 1. The lowest BCUT2D eigenvalue weighted by Gasteiger charge is -2.09. The van der Waals surface area contributed by atoms with Crippen molar-refractivity contribution in [3.63, 3.8) is 0 Å². The summed E-state index contributed by atoms with van der Waals surface area (Å²) in [4.78, 5) is 34.0. The summed E-state index contributed by atoms with van der Waals surface area (Å²) >= 11 is 6.22. The highest BCUT2D eigenvalue weighted by molar-refractivity contribution is 6.31. The predicted octanol–water partition coefficient (Wildman–Crippen LogP) is 4.82. The summed E-state index contributed by atoms with van der Waals surface area (Å²) < 4.78 is 16.5. The first-order valence-corrected chi connectivity index (χ1v) is 13.5. The number of nitrogens with one attached hydrogen (secondary N) is 3. The van der Waals surface area contributed by atoms with Gasteiger partial charge in [-0.15, -0.1) is 0 Å². The Morgan fingerprint density at radius 3 is 2.52 bits per heavy atom. The summed E-state index contributed by atoms with van der Waals surface area (Å²) in [5, 5.41) is 4.04. The average molecular weight is 561 g/mol. The van der Waals surface area contributed by atoms with E-state index >= 15 is 4.39 Å². The molecule has 3 heterocycles. The van der Waals surface area contributed by atoms with Crippen LogP contribution < -0.4 is 22.3 Å². The number of pyridine rings is 1. The number of fused-ring (bicyclic) bond motifs is 1. The number of rotatable bonds is 10. The lowest BCUT2D eigenvalue weighted by Crippen LogP contribution is -2.20. The van der Waals surface area contributed by atoms with Gasteiger partial charge in [-0.3, -0.25) is 9.36 Å². The SMILES string of the molecule is C[C@H](N)CCCc1cc(Cl)c(F)c(-c2cc3cn(-c4ccc(CNCc5ccc(=O)[nH]c5)cc4)c(=O)nc3[nH]2)c1. The van der Waals surface area contributed by atoms with Gasteiger partial charge in [0.25, 0.3) is 0 Å². The van der Waals surface area contributed by atoms with E-state index in [-0.39, 0.29) is 16.6 Å². The molecule has 0 aliphatic rings. The Labute approximate surface area is 235 Å². The monoisotopic (exact) mass is 560 g/mol. The summed E-state index contributed by atoms with van der Waals surface area (Å²) in [5.41, 5.74) is 10.1. The van der Waals surface area contributed by atoms with E-state index < -0.39 is 11.5 Å². The molecule has 2 aromatic carbocycles. The minimum atomic E-state index is -0.524. The molecule has 206 valence electrons. The van der Waals surface area contributed by atoms with Crippen molar-refractivity contribution in [2.45, 2.75) is 45.3 Å². The zero-order valence-corrected chi connectivity index (χ0v) is 22.8. The van der Waals surface area contributed by atoms with Crippen LogP contribution in [0.2, 0.25) is 5.02 Å². The Kier molecular flexibility index (Phi) is 8.25. The van der Waals surface area contributed by atoms with E-state index in [9.17, 15) is 9.59 Å². The van der Waals surface area contributed by atoms with E-state index in [0.29, 0.717) is 41.1 Å². The molecule has 0 fully saturated rings. The maximum Gasteiger partial charge on any atom is 0.354 e. The smallest absolute Gasteiger partial charge is 0.339 e. The number of hydrogen-bond donors (Lipinski definition) is 4. The molecule has 0 amide bonds. The molecule has 0 radical (unpaired) electrons. The molecule has 0 aliphatic carbocycles. The molecule has 5 rings (SSSR count). The first-order chi connectivity index (χ1) is 19.3. The number of aromatic amines is 2. The van der Waals surface area contributed by atoms with E-state index in [1.807, 2.05) is 31.2 Å². The lowest BCUT2D eigenvalue weighted by atomic mass is 10.0. The number of aromatic nitrogens is 4. The molecule has 3 aromatic heterocycles. The minimum Gasteiger partial charge on any atom is -0.339 e. The molecule has 40 heavy (non-hydrogen) atoms. The zero-order chi connectivity index (χ0) is 28.2. The van der Waals surface area contributed by atoms with Crippen molar-refractivity contribution in [2.75, 3.05) is 0 Å². The van der Waals surface area contributed by atoms with Crippen LogP contribution in [0.1, 0.15) is 36.5 Å². The summed E-state index contributed by atoms with van der Waals surface area (Å²) in [6.45, 7) is 3.18. The van der Waals surface area contributed by atoms with Crippen molar-refractivity contribution < 1.29 is 4.39 Å². The predicted molar refractivity (Wildman–Crippen MR) is 156 cm³/mol. The molecule has 5 N–H and O–H groups in total. The van der Waals surface area contributed by atoms with Crippen molar-refractivity contribution in [3.8, 4) is 16.9 Å². The minimum absolute atomic E-state index is 0.0489. The first-order valence-electron chi connectivity index (χ1n) is 13.1. The number of halogens is 2. The van der Waals surface area contributed by atoms with Gasteiger partial charge in [-0.25, -0.2) is 9.18 Å². The molecule has 0 bridgehead atoms. The Balaban J connectivity index is 1.34. The largest absolute Gasteiger partial charge is 0.354 e. The van der Waals surface area contributed by atoms with Crippen LogP contribution in [-0.4, -0.2) is 25.6 Å². The van der Waals surface area contributed by atoms with Crippen LogP contribution in [0.15, 0.2) is 76.6 Å². The third kappa shape index (κ3) is 6.39. The van der Waals surface area contributed by atoms with Crippen LogP contribution in [0, 0.1) is 5.82 Å². The second-order valence-corrected chi connectivity index (χ2v) is 10.4. The van der Waals surface area contributed by atoms with Gasteiger partial charge in [0.1, 0.15) is 5.65 Å². The Morgan fingerprint density at radius 1 is 1.05 bits per heavy atom. The normalized spacial score (nSPS) is 12.2. The number of H-pyrrole nitrogens is 2. The van der Waals surface area contributed by atoms with Gasteiger partial charge in [0.2, 0.25) is 5.56 Å².